The van der Waals surface area contributed by atoms with E-state index < -0.39 is 0 Å². The predicted molar refractivity (Wildman–Crippen MR) is 95.8 cm³/mol. The van der Waals surface area contributed by atoms with Crippen molar-refractivity contribution in [2.75, 3.05) is 0 Å². The van der Waals surface area contributed by atoms with Crippen molar-refractivity contribution in [3.63, 3.8) is 0 Å². The minimum Gasteiger partial charge on any atom is -0.472 e. The van der Waals surface area contributed by atoms with E-state index in [0.29, 0.717) is 24.5 Å². The second-order valence-corrected chi connectivity index (χ2v) is 6.77. The number of Topliss-reactive ketones (excluding diaryl/α,β-unsaturated/α-hetero) is 1. The van der Waals surface area contributed by atoms with Crippen LogP contribution in [0, 0.1) is 5.92 Å². The molecule has 2 aromatic rings. The van der Waals surface area contributed by atoms with Gasteiger partial charge in [0.25, 0.3) is 0 Å². The molecule has 0 spiro atoms. The van der Waals surface area contributed by atoms with Crippen LogP contribution in [-0.4, -0.2) is 5.78 Å². The fourth-order valence-corrected chi connectivity index (χ4v) is 2.96. The molecule has 3 heteroatoms. The molecule has 0 aliphatic rings. The van der Waals surface area contributed by atoms with Gasteiger partial charge < -0.3 is 8.83 Å². The smallest absolute Gasteiger partial charge is 0.137 e. The number of hydrogen-bond donors (Lipinski definition) is 0. The molecule has 0 aliphatic carbocycles. The third-order valence-corrected chi connectivity index (χ3v) is 4.30. The first-order valence-electron chi connectivity index (χ1n) is 8.83. The maximum atomic E-state index is 12.2. The van der Waals surface area contributed by atoms with Crippen LogP contribution in [-0.2, 0) is 17.6 Å². The number of ketones is 1. The largest absolute Gasteiger partial charge is 0.472 e. The Hall–Kier alpha value is -2.03. The second kappa shape index (κ2) is 9.96. The van der Waals surface area contributed by atoms with Crippen molar-refractivity contribution in [1.29, 1.82) is 0 Å². The molecule has 24 heavy (non-hydrogen) atoms. The van der Waals surface area contributed by atoms with Crippen LogP contribution in [0.25, 0.3) is 0 Å². The Labute approximate surface area is 144 Å². The highest BCUT2D eigenvalue weighted by molar-refractivity contribution is 5.80. The van der Waals surface area contributed by atoms with Gasteiger partial charge in [-0.05, 0) is 68.2 Å². The van der Waals surface area contributed by atoms with E-state index in [1.54, 1.807) is 25.1 Å². The first kappa shape index (κ1) is 18.3. The summed E-state index contributed by atoms with van der Waals surface area (Å²) in [5.74, 6) is 0.797. The predicted octanol–water partition coefficient (Wildman–Crippen LogP) is 5.76. The van der Waals surface area contributed by atoms with Gasteiger partial charge in [0.05, 0.1) is 25.1 Å². The van der Waals surface area contributed by atoms with Gasteiger partial charge in [-0.1, -0.05) is 18.6 Å². The number of carbonyl (C=O) groups excluding carboxylic acids is 1. The fourth-order valence-electron chi connectivity index (χ4n) is 2.96. The van der Waals surface area contributed by atoms with Crippen molar-refractivity contribution in [3.05, 3.63) is 60.0 Å². The molecule has 3 nitrogen and oxygen atoms in total. The summed E-state index contributed by atoms with van der Waals surface area (Å²) in [5, 5.41) is 0. The van der Waals surface area contributed by atoms with Gasteiger partial charge in [0.1, 0.15) is 5.78 Å². The Kier molecular flexibility index (Phi) is 7.60. The minimum atomic E-state index is 0.350. The molecule has 1 atom stereocenters. The van der Waals surface area contributed by atoms with E-state index >= 15 is 0 Å². The fraction of sp³-hybridized carbons (Fsp3) is 0.476. The van der Waals surface area contributed by atoms with E-state index in [1.165, 1.54) is 16.7 Å². The lowest BCUT2D eigenvalue weighted by Crippen LogP contribution is -2.06. The third-order valence-electron chi connectivity index (χ3n) is 4.30. The third kappa shape index (κ3) is 7.03. The zero-order chi connectivity index (χ0) is 17.2. The molecular weight excluding hydrogens is 300 g/mol. The Morgan fingerprint density at radius 3 is 2.42 bits per heavy atom. The monoisotopic (exact) mass is 328 g/mol. The number of carbonyl (C=O) groups is 1. The number of allylic oxidation sites excluding steroid dienone is 2. The van der Waals surface area contributed by atoms with E-state index in [2.05, 4.69) is 19.9 Å². The van der Waals surface area contributed by atoms with E-state index in [4.69, 9.17) is 8.83 Å². The van der Waals surface area contributed by atoms with Crippen molar-refractivity contribution in [3.8, 4) is 0 Å². The van der Waals surface area contributed by atoms with Crippen LogP contribution < -0.4 is 0 Å². The van der Waals surface area contributed by atoms with Gasteiger partial charge in [0.15, 0.2) is 0 Å². The molecule has 0 saturated carbocycles. The van der Waals surface area contributed by atoms with Crippen LogP contribution >= 0.6 is 0 Å². The van der Waals surface area contributed by atoms with Gasteiger partial charge in [-0.3, -0.25) is 4.79 Å². The van der Waals surface area contributed by atoms with Gasteiger partial charge in [0.2, 0.25) is 0 Å². The highest BCUT2D eigenvalue weighted by Gasteiger charge is 2.10. The van der Waals surface area contributed by atoms with Gasteiger partial charge in [-0.15, -0.1) is 0 Å². The average Bonchev–Trinajstić information content (AvgIpc) is 3.20. The maximum Gasteiger partial charge on any atom is 0.137 e. The lowest BCUT2D eigenvalue weighted by molar-refractivity contribution is -0.119. The topological polar surface area (TPSA) is 43.4 Å². The quantitative estimate of drug-likeness (QED) is 0.492. The number of aryl methyl sites for hydroxylation is 2. The zero-order valence-electron chi connectivity index (χ0n) is 14.8. The van der Waals surface area contributed by atoms with Crippen LogP contribution in [0.15, 0.2) is 57.7 Å². The summed E-state index contributed by atoms with van der Waals surface area (Å²) >= 11 is 0. The second-order valence-electron chi connectivity index (χ2n) is 6.77. The number of furan rings is 2. The lowest BCUT2D eigenvalue weighted by Gasteiger charge is -2.10. The average molecular weight is 328 g/mol. The Morgan fingerprint density at radius 2 is 1.79 bits per heavy atom. The summed E-state index contributed by atoms with van der Waals surface area (Å²) in [6.07, 6.45) is 15.6. The summed E-state index contributed by atoms with van der Waals surface area (Å²) in [5.41, 5.74) is 3.62. The Bertz CT molecular complexity index is 606. The van der Waals surface area contributed by atoms with E-state index in [-0.39, 0.29) is 0 Å². The number of rotatable bonds is 11. The van der Waals surface area contributed by atoms with Gasteiger partial charge in [-0.25, -0.2) is 0 Å². The van der Waals surface area contributed by atoms with Crippen LogP contribution in [0.5, 0.6) is 0 Å². The van der Waals surface area contributed by atoms with E-state index in [1.807, 2.05) is 12.1 Å². The normalized spacial score (nSPS) is 13.2. The van der Waals surface area contributed by atoms with Crippen LogP contribution in [0.3, 0.4) is 0 Å². The molecule has 130 valence electrons. The molecule has 0 aromatic carbocycles. The SMILES string of the molecule is CC(=CCCc1ccoc1)CC(=O)C[C@@H](C)CCCc1ccoc1. The van der Waals surface area contributed by atoms with Gasteiger partial charge >= 0.3 is 0 Å². The molecule has 0 radical (unpaired) electrons. The van der Waals surface area contributed by atoms with Crippen molar-refractivity contribution in [1.82, 2.24) is 0 Å². The summed E-state index contributed by atoms with van der Waals surface area (Å²) in [4.78, 5) is 12.2. The molecule has 2 rings (SSSR count). The van der Waals surface area contributed by atoms with Crippen molar-refractivity contribution in [2.24, 2.45) is 5.92 Å². The standard InChI is InChI=1S/C21H28O3/c1-17(5-3-7-19-9-11-23-15-19)13-21(22)14-18(2)6-4-8-20-10-12-24-16-20/h5,9-12,15-16,18H,3-4,6-8,13-14H2,1-2H3/t18-/m0/s1. The van der Waals surface area contributed by atoms with Crippen molar-refractivity contribution < 1.29 is 13.6 Å². The van der Waals surface area contributed by atoms with Crippen LogP contribution in [0.4, 0.5) is 0 Å². The highest BCUT2D eigenvalue weighted by Crippen LogP contribution is 2.17. The molecule has 2 aromatic heterocycles. The highest BCUT2D eigenvalue weighted by atomic mass is 16.3. The molecule has 0 unspecified atom stereocenters. The lowest BCUT2D eigenvalue weighted by atomic mass is 9.94. The molecule has 0 fully saturated rings. The van der Waals surface area contributed by atoms with Gasteiger partial charge in [-0.2, -0.15) is 0 Å². The Balaban J connectivity index is 1.60. The van der Waals surface area contributed by atoms with Crippen LogP contribution in [0.2, 0.25) is 0 Å². The summed E-state index contributed by atoms with van der Waals surface area (Å²) < 4.78 is 10.1. The molecule has 0 saturated heterocycles. The zero-order valence-corrected chi connectivity index (χ0v) is 14.8. The molecule has 2 heterocycles. The van der Waals surface area contributed by atoms with Crippen LogP contribution in [0.1, 0.15) is 57.1 Å². The summed E-state index contributed by atoms with van der Waals surface area (Å²) in [6, 6.07) is 3.99. The van der Waals surface area contributed by atoms with Crippen molar-refractivity contribution >= 4 is 5.78 Å². The summed E-state index contributed by atoms with van der Waals surface area (Å²) in [6.45, 7) is 4.22. The van der Waals surface area contributed by atoms with E-state index in [9.17, 15) is 4.79 Å². The molecular formula is C21H28O3. The number of hydrogen-bond acceptors (Lipinski definition) is 3. The van der Waals surface area contributed by atoms with Crippen molar-refractivity contribution in [2.45, 2.75) is 58.8 Å². The minimum absolute atomic E-state index is 0.350. The molecule has 0 amide bonds. The first-order chi connectivity index (χ1) is 11.6. The Morgan fingerprint density at radius 1 is 1.12 bits per heavy atom. The molecule has 0 bridgehead atoms. The van der Waals surface area contributed by atoms with Gasteiger partial charge in [0, 0.05) is 12.8 Å². The maximum absolute atomic E-state index is 12.2. The molecule has 0 N–H and O–H groups in total. The molecule has 0 aliphatic heterocycles. The van der Waals surface area contributed by atoms with E-state index in [0.717, 1.165) is 32.1 Å². The summed E-state index contributed by atoms with van der Waals surface area (Å²) in [7, 11) is 0. The first-order valence-corrected chi connectivity index (χ1v) is 8.83.